The summed E-state index contributed by atoms with van der Waals surface area (Å²) in [6.45, 7) is 5.68. The summed E-state index contributed by atoms with van der Waals surface area (Å²) < 4.78 is 5.26. The van der Waals surface area contributed by atoms with E-state index < -0.39 is 0 Å². The first-order valence-electron chi connectivity index (χ1n) is 5.34. The van der Waals surface area contributed by atoms with Crippen LogP contribution in [0.3, 0.4) is 0 Å². The molecule has 1 saturated carbocycles. The van der Waals surface area contributed by atoms with Crippen LogP contribution in [-0.4, -0.2) is 17.6 Å². The molecule has 0 aromatic rings. The van der Waals surface area contributed by atoms with Gasteiger partial charge < -0.3 is 10.5 Å². The van der Waals surface area contributed by atoms with Crippen molar-refractivity contribution in [3.63, 3.8) is 0 Å². The van der Waals surface area contributed by atoms with Gasteiger partial charge in [-0.15, -0.1) is 0 Å². The summed E-state index contributed by atoms with van der Waals surface area (Å²) in [7, 11) is 0. The van der Waals surface area contributed by atoms with Gasteiger partial charge in [0.25, 0.3) is 0 Å². The first-order chi connectivity index (χ1) is 6.37. The second-order valence-corrected chi connectivity index (χ2v) is 5.23. The number of nitrogens with two attached hydrogens (primary N) is 1. The van der Waals surface area contributed by atoms with Gasteiger partial charge in [0.05, 0.1) is 0 Å². The van der Waals surface area contributed by atoms with Crippen molar-refractivity contribution >= 4 is 5.97 Å². The van der Waals surface area contributed by atoms with E-state index >= 15 is 0 Å². The molecule has 1 fully saturated rings. The molecule has 0 radical (unpaired) electrons. The van der Waals surface area contributed by atoms with Crippen LogP contribution in [0, 0.1) is 5.92 Å². The van der Waals surface area contributed by atoms with E-state index in [2.05, 4.69) is 0 Å². The van der Waals surface area contributed by atoms with E-state index in [4.69, 9.17) is 10.5 Å². The lowest BCUT2D eigenvalue weighted by molar-refractivity contribution is -0.155. The van der Waals surface area contributed by atoms with E-state index in [9.17, 15) is 4.79 Å². The molecule has 3 nitrogen and oxygen atoms in total. The third kappa shape index (κ3) is 4.09. The molecule has 0 saturated heterocycles. The number of hydrogen-bond acceptors (Lipinski definition) is 3. The van der Waals surface area contributed by atoms with Crippen LogP contribution in [0.5, 0.6) is 0 Å². The third-order valence-electron chi connectivity index (χ3n) is 2.46. The van der Waals surface area contributed by atoms with Crippen molar-refractivity contribution in [1.82, 2.24) is 0 Å². The molecule has 0 aliphatic heterocycles. The molecular weight excluding hydrogens is 178 g/mol. The summed E-state index contributed by atoms with van der Waals surface area (Å²) >= 11 is 0. The van der Waals surface area contributed by atoms with Crippen LogP contribution < -0.4 is 5.73 Å². The van der Waals surface area contributed by atoms with Crippen LogP contribution in [0.15, 0.2) is 0 Å². The van der Waals surface area contributed by atoms with Crippen molar-refractivity contribution in [3.8, 4) is 0 Å². The molecule has 1 aliphatic rings. The number of hydrogen-bond donors (Lipinski definition) is 1. The highest BCUT2D eigenvalue weighted by Gasteiger charge is 2.26. The highest BCUT2D eigenvalue weighted by atomic mass is 16.6. The minimum absolute atomic E-state index is 0.0865. The minimum Gasteiger partial charge on any atom is -0.460 e. The maximum atomic E-state index is 11.5. The molecule has 2 atom stereocenters. The zero-order chi connectivity index (χ0) is 10.8. The van der Waals surface area contributed by atoms with Crippen molar-refractivity contribution in [2.24, 2.45) is 11.7 Å². The molecule has 0 unspecified atom stereocenters. The Balaban J connectivity index is 2.27. The monoisotopic (exact) mass is 199 g/mol. The predicted molar refractivity (Wildman–Crippen MR) is 55.8 cm³/mol. The molecule has 3 heteroatoms. The van der Waals surface area contributed by atoms with Gasteiger partial charge in [0, 0.05) is 12.5 Å². The number of esters is 1. The van der Waals surface area contributed by atoms with Gasteiger partial charge in [0.1, 0.15) is 5.60 Å². The Morgan fingerprint density at radius 3 is 2.50 bits per heavy atom. The summed E-state index contributed by atoms with van der Waals surface area (Å²) in [6, 6.07) is 0.294. The van der Waals surface area contributed by atoms with Gasteiger partial charge in [-0.1, -0.05) is 0 Å². The number of carbonyl (C=O) groups is 1. The smallest absolute Gasteiger partial charge is 0.306 e. The maximum absolute atomic E-state index is 11.5. The van der Waals surface area contributed by atoms with E-state index in [-0.39, 0.29) is 11.6 Å². The Bertz CT molecular complexity index is 208. The quantitative estimate of drug-likeness (QED) is 0.690. The molecular formula is C11H21NO2. The average molecular weight is 199 g/mol. The van der Waals surface area contributed by atoms with Crippen molar-refractivity contribution < 1.29 is 9.53 Å². The SMILES string of the molecule is CC(C)(C)OC(=O)C[C@@H]1CC[C@H](N)C1. The summed E-state index contributed by atoms with van der Waals surface area (Å²) in [5.41, 5.74) is 5.41. The Morgan fingerprint density at radius 1 is 1.43 bits per heavy atom. The van der Waals surface area contributed by atoms with Crippen LogP contribution in [-0.2, 0) is 9.53 Å². The average Bonchev–Trinajstić information content (AvgIpc) is 2.30. The van der Waals surface area contributed by atoms with Gasteiger partial charge in [-0.3, -0.25) is 4.79 Å². The Kier molecular flexibility index (Phi) is 3.53. The number of rotatable bonds is 2. The van der Waals surface area contributed by atoms with Crippen molar-refractivity contribution in [2.75, 3.05) is 0 Å². The Labute approximate surface area is 86.0 Å². The van der Waals surface area contributed by atoms with E-state index in [1.54, 1.807) is 0 Å². The van der Waals surface area contributed by atoms with E-state index in [1.165, 1.54) is 0 Å². The molecule has 1 rings (SSSR count). The Hall–Kier alpha value is -0.570. The highest BCUT2D eigenvalue weighted by molar-refractivity contribution is 5.70. The molecule has 82 valence electrons. The molecule has 0 spiro atoms. The number of ether oxygens (including phenoxy) is 1. The molecule has 0 aromatic carbocycles. The lowest BCUT2D eigenvalue weighted by atomic mass is 10.0. The second kappa shape index (κ2) is 4.30. The molecule has 14 heavy (non-hydrogen) atoms. The van der Waals surface area contributed by atoms with Crippen LogP contribution in [0.1, 0.15) is 46.5 Å². The molecule has 0 bridgehead atoms. The lowest BCUT2D eigenvalue weighted by Gasteiger charge is -2.20. The largest absolute Gasteiger partial charge is 0.460 e. The van der Waals surface area contributed by atoms with Crippen LogP contribution in [0.25, 0.3) is 0 Å². The standard InChI is InChI=1S/C11H21NO2/c1-11(2,3)14-10(13)7-8-4-5-9(12)6-8/h8-9H,4-7,12H2,1-3H3/t8-,9+/m1/s1. The fourth-order valence-electron chi connectivity index (χ4n) is 1.92. The fraction of sp³-hybridized carbons (Fsp3) is 0.909. The summed E-state index contributed by atoms with van der Waals surface area (Å²) in [5, 5.41) is 0. The molecule has 1 aliphatic carbocycles. The fourth-order valence-corrected chi connectivity index (χ4v) is 1.92. The first-order valence-corrected chi connectivity index (χ1v) is 5.34. The van der Waals surface area contributed by atoms with Gasteiger partial charge in [0.15, 0.2) is 0 Å². The number of carbonyl (C=O) groups excluding carboxylic acids is 1. The van der Waals surface area contributed by atoms with Crippen molar-refractivity contribution in [3.05, 3.63) is 0 Å². The predicted octanol–water partition coefficient (Wildman–Crippen LogP) is 1.85. The zero-order valence-corrected chi connectivity index (χ0v) is 9.38. The van der Waals surface area contributed by atoms with Gasteiger partial charge in [-0.25, -0.2) is 0 Å². The van der Waals surface area contributed by atoms with Crippen LogP contribution in [0.2, 0.25) is 0 Å². The zero-order valence-electron chi connectivity index (χ0n) is 9.38. The molecule has 2 N–H and O–H groups in total. The van der Waals surface area contributed by atoms with Crippen LogP contribution >= 0.6 is 0 Å². The normalized spacial score (nSPS) is 27.7. The van der Waals surface area contributed by atoms with E-state index in [1.807, 2.05) is 20.8 Å². The van der Waals surface area contributed by atoms with Gasteiger partial charge in [0.2, 0.25) is 0 Å². The topological polar surface area (TPSA) is 52.3 Å². The van der Waals surface area contributed by atoms with Crippen molar-refractivity contribution in [1.29, 1.82) is 0 Å². The van der Waals surface area contributed by atoms with Gasteiger partial charge in [-0.2, -0.15) is 0 Å². The van der Waals surface area contributed by atoms with E-state index in [0.29, 0.717) is 18.4 Å². The highest BCUT2D eigenvalue weighted by Crippen LogP contribution is 2.27. The second-order valence-electron chi connectivity index (χ2n) is 5.23. The van der Waals surface area contributed by atoms with Crippen LogP contribution in [0.4, 0.5) is 0 Å². The maximum Gasteiger partial charge on any atom is 0.306 e. The van der Waals surface area contributed by atoms with Crippen molar-refractivity contribution in [2.45, 2.75) is 58.1 Å². The van der Waals surface area contributed by atoms with Gasteiger partial charge in [-0.05, 0) is 46.0 Å². The Morgan fingerprint density at radius 2 is 2.07 bits per heavy atom. The summed E-state index contributed by atoms with van der Waals surface area (Å²) in [6.07, 6.45) is 3.62. The molecule has 0 heterocycles. The van der Waals surface area contributed by atoms with E-state index in [0.717, 1.165) is 19.3 Å². The van der Waals surface area contributed by atoms with Gasteiger partial charge >= 0.3 is 5.97 Å². The molecule has 0 aromatic heterocycles. The minimum atomic E-state index is -0.363. The summed E-state index contributed by atoms with van der Waals surface area (Å²) in [4.78, 5) is 11.5. The first kappa shape index (κ1) is 11.5. The third-order valence-corrected chi connectivity index (χ3v) is 2.46. The summed E-state index contributed by atoms with van der Waals surface area (Å²) in [5.74, 6) is 0.358. The lowest BCUT2D eigenvalue weighted by Crippen LogP contribution is -2.25. The molecule has 0 amide bonds.